The lowest BCUT2D eigenvalue weighted by Crippen LogP contribution is -2.11. The van der Waals surface area contributed by atoms with Gasteiger partial charge in [0.15, 0.2) is 0 Å². The van der Waals surface area contributed by atoms with Crippen molar-refractivity contribution in [3.63, 3.8) is 0 Å². The Balaban J connectivity index is 1.39. The largest absolute Gasteiger partial charge is 0.310 e. The summed E-state index contributed by atoms with van der Waals surface area (Å²) in [6.45, 7) is 13.7. The first-order chi connectivity index (χ1) is 29.0. The summed E-state index contributed by atoms with van der Waals surface area (Å²) in [5.41, 5.74) is 14.3. The van der Waals surface area contributed by atoms with Crippen LogP contribution in [0.5, 0.6) is 0 Å². The molecule has 0 saturated heterocycles. The Morgan fingerprint density at radius 1 is 0.267 bits per heavy atom. The first-order valence-corrected chi connectivity index (χ1v) is 21.1. The second-order valence-corrected chi connectivity index (χ2v) is 17.9. The van der Waals surface area contributed by atoms with Gasteiger partial charge in [-0.3, -0.25) is 0 Å². The molecule has 0 unspecified atom stereocenters. The summed E-state index contributed by atoms with van der Waals surface area (Å²) in [7, 11) is 0. The molecule has 0 atom stereocenters. The van der Waals surface area contributed by atoms with E-state index in [9.17, 15) is 0 Å². The number of rotatable bonds is 8. The van der Waals surface area contributed by atoms with E-state index >= 15 is 0 Å². The lowest BCUT2D eigenvalue weighted by Gasteiger charge is -2.28. The highest BCUT2D eigenvalue weighted by Crippen LogP contribution is 2.48. The predicted octanol–water partition coefficient (Wildman–Crippen LogP) is 16.9. The fraction of sp³-hybridized carbons (Fsp3) is 0.138. The van der Waals surface area contributed by atoms with Crippen LogP contribution in [0.4, 0.5) is 34.1 Å². The summed E-state index contributed by atoms with van der Waals surface area (Å²) in [5, 5.41) is 4.86. The summed E-state index contributed by atoms with van der Waals surface area (Å²) in [5.74, 6) is 0. The molecule has 0 fully saturated rings. The number of fused-ring (bicyclic) bond motifs is 2. The summed E-state index contributed by atoms with van der Waals surface area (Å²) in [4.78, 5) is 4.74. The number of hydrogen-bond acceptors (Lipinski definition) is 2. The standard InChI is InChI=1S/C58H52N2/c1-57(2,3)43-31-27-41(28-32-43)55-51-37-35-50(60(47-23-15-9-16-24-47)48-25-17-10-18-26-48)40-54(51)56(42-29-33-44(34-30-42)58(4,5)6)52-38-36-49(39-53(52)55)59(45-19-11-7-12-20-45)46-21-13-8-14-22-46/h7-40H,1-6H3. The van der Waals surface area contributed by atoms with Gasteiger partial charge in [0.1, 0.15) is 0 Å². The normalized spacial score (nSPS) is 11.8. The molecular weight excluding hydrogens is 725 g/mol. The summed E-state index contributed by atoms with van der Waals surface area (Å²) < 4.78 is 0. The van der Waals surface area contributed by atoms with E-state index in [2.05, 4.69) is 258 Å². The number of anilines is 6. The monoisotopic (exact) mass is 776 g/mol. The quantitative estimate of drug-likeness (QED) is 0.142. The Hall–Kier alpha value is -6.90. The first-order valence-electron chi connectivity index (χ1n) is 21.1. The third kappa shape index (κ3) is 7.46. The molecule has 2 nitrogen and oxygen atoms in total. The van der Waals surface area contributed by atoms with Crippen molar-refractivity contribution in [2.45, 2.75) is 52.4 Å². The number of para-hydroxylation sites is 4. The van der Waals surface area contributed by atoms with Gasteiger partial charge in [-0.15, -0.1) is 0 Å². The van der Waals surface area contributed by atoms with Crippen molar-refractivity contribution in [3.8, 4) is 22.3 Å². The maximum absolute atomic E-state index is 2.42. The van der Waals surface area contributed by atoms with Crippen LogP contribution < -0.4 is 9.80 Å². The van der Waals surface area contributed by atoms with Crippen molar-refractivity contribution in [2.75, 3.05) is 9.80 Å². The molecule has 9 rings (SSSR count). The van der Waals surface area contributed by atoms with E-state index in [1.54, 1.807) is 0 Å². The van der Waals surface area contributed by atoms with Crippen LogP contribution in [-0.2, 0) is 10.8 Å². The second kappa shape index (κ2) is 15.7. The van der Waals surface area contributed by atoms with Crippen LogP contribution in [0.1, 0.15) is 52.7 Å². The van der Waals surface area contributed by atoms with Gasteiger partial charge in [0.05, 0.1) is 0 Å². The van der Waals surface area contributed by atoms with Crippen molar-refractivity contribution >= 4 is 55.7 Å². The maximum atomic E-state index is 2.42. The van der Waals surface area contributed by atoms with E-state index in [1.807, 2.05) is 0 Å². The van der Waals surface area contributed by atoms with Crippen LogP contribution in [-0.4, -0.2) is 0 Å². The van der Waals surface area contributed by atoms with Crippen LogP contribution in [0.3, 0.4) is 0 Å². The summed E-state index contributed by atoms with van der Waals surface area (Å²) in [6.07, 6.45) is 0. The minimum absolute atomic E-state index is 0.0397. The molecule has 0 aliphatic rings. The van der Waals surface area contributed by atoms with Crippen molar-refractivity contribution < 1.29 is 0 Å². The van der Waals surface area contributed by atoms with Gasteiger partial charge in [-0.2, -0.15) is 0 Å². The third-order valence-electron chi connectivity index (χ3n) is 11.7. The number of nitrogens with zero attached hydrogens (tertiary/aromatic N) is 2. The molecule has 0 aromatic heterocycles. The lowest BCUT2D eigenvalue weighted by molar-refractivity contribution is 0.590. The molecule has 0 N–H and O–H groups in total. The minimum atomic E-state index is 0.0397. The minimum Gasteiger partial charge on any atom is -0.310 e. The van der Waals surface area contributed by atoms with Gasteiger partial charge < -0.3 is 9.80 Å². The molecule has 0 spiro atoms. The molecule has 0 amide bonds. The van der Waals surface area contributed by atoms with E-state index in [-0.39, 0.29) is 10.8 Å². The average molecular weight is 777 g/mol. The zero-order valence-corrected chi connectivity index (χ0v) is 35.5. The molecule has 0 saturated carbocycles. The third-order valence-corrected chi connectivity index (χ3v) is 11.7. The van der Waals surface area contributed by atoms with E-state index < -0.39 is 0 Å². The Bertz CT molecular complexity index is 2600. The van der Waals surface area contributed by atoms with Crippen LogP contribution in [0.15, 0.2) is 206 Å². The molecule has 294 valence electrons. The number of hydrogen-bond donors (Lipinski definition) is 0. The van der Waals surface area contributed by atoms with Crippen molar-refractivity contribution in [3.05, 3.63) is 217 Å². The highest BCUT2D eigenvalue weighted by atomic mass is 15.1. The van der Waals surface area contributed by atoms with Gasteiger partial charge in [-0.05, 0) is 139 Å². The molecule has 9 aromatic rings. The Morgan fingerprint density at radius 3 is 0.817 bits per heavy atom. The maximum Gasteiger partial charge on any atom is 0.0468 e. The van der Waals surface area contributed by atoms with Gasteiger partial charge in [0, 0.05) is 34.1 Å². The molecule has 0 heterocycles. The van der Waals surface area contributed by atoms with E-state index in [1.165, 1.54) is 54.9 Å². The zero-order valence-electron chi connectivity index (χ0n) is 35.5. The second-order valence-electron chi connectivity index (χ2n) is 17.9. The van der Waals surface area contributed by atoms with Gasteiger partial charge in [-0.25, -0.2) is 0 Å². The fourth-order valence-electron chi connectivity index (χ4n) is 8.58. The molecule has 0 aliphatic heterocycles. The van der Waals surface area contributed by atoms with E-state index in [0.717, 1.165) is 34.1 Å². The number of benzene rings is 9. The van der Waals surface area contributed by atoms with Gasteiger partial charge in [0.2, 0.25) is 0 Å². The summed E-state index contributed by atoms with van der Waals surface area (Å²) >= 11 is 0. The topological polar surface area (TPSA) is 6.48 Å². The smallest absolute Gasteiger partial charge is 0.0468 e. The van der Waals surface area contributed by atoms with Gasteiger partial charge in [0.25, 0.3) is 0 Å². The van der Waals surface area contributed by atoms with Crippen LogP contribution >= 0.6 is 0 Å². The Labute approximate surface area is 356 Å². The van der Waals surface area contributed by atoms with Crippen molar-refractivity contribution in [1.82, 2.24) is 0 Å². The molecule has 0 aliphatic carbocycles. The molecule has 2 heteroatoms. The van der Waals surface area contributed by atoms with Crippen LogP contribution in [0, 0.1) is 0 Å². The van der Waals surface area contributed by atoms with Crippen LogP contribution in [0.25, 0.3) is 43.8 Å². The van der Waals surface area contributed by atoms with Gasteiger partial charge in [-0.1, -0.05) is 175 Å². The lowest BCUT2D eigenvalue weighted by atomic mass is 9.82. The predicted molar refractivity (Wildman–Crippen MR) is 259 cm³/mol. The van der Waals surface area contributed by atoms with E-state index in [0.29, 0.717) is 0 Å². The average Bonchev–Trinajstić information content (AvgIpc) is 3.27. The molecule has 0 bridgehead atoms. The van der Waals surface area contributed by atoms with Gasteiger partial charge >= 0.3 is 0 Å². The SMILES string of the molecule is CC(C)(C)c1ccc(-c2c3ccc(N(c4ccccc4)c4ccccc4)cc3c(-c3ccc(C(C)(C)C)cc3)c3ccc(N(c4ccccc4)c4ccccc4)cc23)cc1. The van der Waals surface area contributed by atoms with Crippen molar-refractivity contribution in [2.24, 2.45) is 0 Å². The molecular formula is C58H52N2. The van der Waals surface area contributed by atoms with E-state index in [4.69, 9.17) is 0 Å². The van der Waals surface area contributed by atoms with Crippen LogP contribution in [0.2, 0.25) is 0 Å². The first kappa shape index (κ1) is 38.6. The fourth-order valence-corrected chi connectivity index (χ4v) is 8.58. The molecule has 0 radical (unpaired) electrons. The highest BCUT2D eigenvalue weighted by Gasteiger charge is 2.23. The Morgan fingerprint density at radius 2 is 0.550 bits per heavy atom. The highest BCUT2D eigenvalue weighted by molar-refractivity contribution is 6.22. The summed E-state index contributed by atoms with van der Waals surface area (Å²) in [6, 6.07) is 75.6. The molecule has 60 heavy (non-hydrogen) atoms. The zero-order chi connectivity index (χ0) is 41.4. The molecule has 9 aromatic carbocycles. The van der Waals surface area contributed by atoms with Crippen molar-refractivity contribution in [1.29, 1.82) is 0 Å². The Kier molecular flexibility index (Phi) is 10.1.